The van der Waals surface area contributed by atoms with E-state index in [-0.39, 0.29) is 25.5 Å². The Kier molecular flexibility index (Phi) is 5.40. The van der Waals surface area contributed by atoms with Crippen LogP contribution in [-0.4, -0.2) is 23.6 Å². The zero-order valence-electron chi connectivity index (χ0n) is 17.5. The van der Waals surface area contributed by atoms with Crippen molar-refractivity contribution in [1.29, 1.82) is 0 Å². The number of rotatable bonds is 6. The van der Waals surface area contributed by atoms with Gasteiger partial charge in [-0.3, -0.25) is 9.59 Å². The minimum absolute atomic E-state index is 0.167. The predicted octanol–water partition coefficient (Wildman–Crippen LogP) is 4.48. The number of hydrogen-bond acceptors (Lipinski definition) is 5. The summed E-state index contributed by atoms with van der Waals surface area (Å²) in [7, 11) is 0. The summed E-state index contributed by atoms with van der Waals surface area (Å²) in [5, 5.41) is 11.9. The second-order valence-electron chi connectivity index (χ2n) is 7.95. The van der Waals surface area contributed by atoms with Crippen LogP contribution in [0.15, 0.2) is 72.8 Å². The minimum Gasteiger partial charge on any atom is -0.454 e. The number of amides is 1. The van der Waals surface area contributed by atoms with E-state index in [2.05, 4.69) is 0 Å². The number of anilines is 1. The van der Waals surface area contributed by atoms with Crippen LogP contribution in [0.5, 0.6) is 11.5 Å². The molecule has 1 amide bonds. The number of fused-ring (bicyclic) bond motifs is 2. The number of carbonyl (C=O) groups is 2. The number of aliphatic hydroxyl groups is 1. The summed E-state index contributed by atoms with van der Waals surface area (Å²) in [4.78, 5) is 27.6. The van der Waals surface area contributed by atoms with Crippen LogP contribution in [0.4, 0.5) is 5.69 Å². The first-order valence-electron chi connectivity index (χ1n) is 10.4. The summed E-state index contributed by atoms with van der Waals surface area (Å²) in [6.07, 6.45) is 2.62. The largest absolute Gasteiger partial charge is 0.454 e. The van der Waals surface area contributed by atoms with E-state index >= 15 is 0 Å². The van der Waals surface area contributed by atoms with E-state index in [0.717, 1.165) is 11.1 Å². The van der Waals surface area contributed by atoms with Gasteiger partial charge in [-0.2, -0.15) is 0 Å². The molecule has 0 radical (unpaired) electrons. The number of halogens is 1. The van der Waals surface area contributed by atoms with Crippen LogP contribution in [0, 0.1) is 0 Å². The maximum absolute atomic E-state index is 13.4. The third-order valence-electron chi connectivity index (χ3n) is 5.81. The second kappa shape index (κ2) is 8.39. The van der Waals surface area contributed by atoms with Gasteiger partial charge < -0.3 is 19.5 Å². The highest BCUT2D eigenvalue weighted by atomic mass is 35.5. The van der Waals surface area contributed by atoms with Crippen LogP contribution in [0.3, 0.4) is 0 Å². The van der Waals surface area contributed by atoms with Crippen LogP contribution in [0.1, 0.15) is 23.1 Å². The lowest BCUT2D eigenvalue weighted by atomic mass is 9.89. The Labute approximate surface area is 195 Å². The molecule has 33 heavy (non-hydrogen) atoms. The van der Waals surface area contributed by atoms with Crippen molar-refractivity contribution in [3.8, 4) is 11.5 Å². The summed E-state index contributed by atoms with van der Waals surface area (Å²) in [5.74, 6) is 0.337. The molecular formula is C26H20ClNO5. The average Bonchev–Trinajstić information content (AvgIpc) is 3.36. The number of carbonyl (C=O) groups excluding carboxylic acids is 2. The van der Waals surface area contributed by atoms with Crippen LogP contribution in [-0.2, 0) is 21.7 Å². The zero-order chi connectivity index (χ0) is 23.0. The van der Waals surface area contributed by atoms with E-state index in [4.69, 9.17) is 21.1 Å². The number of ether oxygens (including phenoxy) is 2. The van der Waals surface area contributed by atoms with Gasteiger partial charge >= 0.3 is 0 Å². The average molecular weight is 462 g/mol. The molecule has 6 nitrogen and oxygen atoms in total. The molecule has 0 unspecified atom stereocenters. The summed E-state index contributed by atoms with van der Waals surface area (Å²) in [5.41, 5.74) is 0.525. The van der Waals surface area contributed by atoms with Gasteiger partial charge in [0.25, 0.3) is 5.91 Å². The lowest BCUT2D eigenvalue weighted by Crippen LogP contribution is -2.41. The maximum atomic E-state index is 13.4. The van der Waals surface area contributed by atoms with Gasteiger partial charge in [-0.05, 0) is 41.5 Å². The number of para-hydroxylation sites is 1. The quantitative estimate of drug-likeness (QED) is 0.548. The monoisotopic (exact) mass is 461 g/mol. The number of allylic oxidation sites excluding steroid dienone is 1. The molecule has 2 heterocycles. The highest BCUT2D eigenvalue weighted by molar-refractivity contribution is 6.31. The van der Waals surface area contributed by atoms with Gasteiger partial charge in [-0.1, -0.05) is 60.1 Å². The van der Waals surface area contributed by atoms with E-state index in [9.17, 15) is 14.7 Å². The fourth-order valence-electron chi connectivity index (χ4n) is 4.15. The van der Waals surface area contributed by atoms with Gasteiger partial charge in [0, 0.05) is 10.6 Å². The van der Waals surface area contributed by atoms with E-state index in [0.29, 0.717) is 27.8 Å². The van der Waals surface area contributed by atoms with Crippen LogP contribution < -0.4 is 14.4 Å². The normalized spacial score (nSPS) is 18.7. The second-order valence-corrected chi connectivity index (χ2v) is 8.36. The zero-order valence-corrected chi connectivity index (χ0v) is 18.3. The molecule has 2 aliphatic heterocycles. The molecule has 0 aromatic heterocycles. The van der Waals surface area contributed by atoms with E-state index in [1.165, 1.54) is 11.0 Å². The molecule has 0 saturated carbocycles. The molecule has 0 saturated heterocycles. The Hall–Kier alpha value is -3.61. The molecule has 1 atom stereocenters. The fraction of sp³-hybridized carbons (Fsp3) is 0.154. The first kappa shape index (κ1) is 21.2. The van der Waals surface area contributed by atoms with Crippen molar-refractivity contribution in [3.05, 3.63) is 94.5 Å². The van der Waals surface area contributed by atoms with Crippen molar-refractivity contribution in [2.75, 3.05) is 11.7 Å². The molecule has 0 spiro atoms. The summed E-state index contributed by atoms with van der Waals surface area (Å²) in [6, 6.07) is 19.5. The summed E-state index contributed by atoms with van der Waals surface area (Å²) in [6.45, 7) is 0.361. The fourth-order valence-corrected chi connectivity index (χ4v) is 4.34. The lowest BCUT2D eigenvalue weighted by molar-refractivity contribution is -0.140. The van der Waals surface area contributed by atoms with Crippen molar-refractivity contribution >= 4 is 35.1 Å². The topological polar surface area (TPSA) is 76.1 Å². The number of ketones is 1. The van der Waals surface area contributed by atoms with Gasteiger partial charge in [-0.15, -0.1) is 0 Å². The molecule has 3 aromatic rings. The van der Waals surface area contributed by atoms with E-state index in [1.807, 2.05) is 18.2 Å². The third kappa shape index (κ3) is 3.88. The Morgan fingerprint density at radius 1 is 1.06 bits per heavy atom. The van der Waals surface area contributed by atoms with Crippen molar-refractivity contribution in [2.24, 2.45) is 0 Å². The van der Waals surface area contributed by atoms with Crippen LogP contribution in [0.2, 0.25) is 5.02 Å². The molecule has 1 N–H and O–H groups in total. The molecule has 0 aliphatic carbocycles. The summed E-state index contributed by atoms with van der Waals surface area (Å²) < 4.78 is 10.6. The molecule has 5 rings (SSSR count). The summed E-state index contributed by atoms with van der Waals surface area (Å²) >= 11 is 6.29. The Morgan fingerprint density at radius 2 is 1.82 bits per heavy atom. The van der Waals surface area contributed by atoms with Crippen molar-refractivity contribution in [2.45, 2.75) is 18.6 Å². The standard InChI is InChI=1S/C26H20ClNO5/c27-21-7-3-1-5-18(21)15-28-22-8-4-2-6-20(22)26(31,25(28)30)14-19(29)11-9-17-10-12-23-24(13-17)33-16-32-23/h1-13,31H,14-16H2/b11-9+/t26-/m0/s1. The lowest BCUT2D eigenvalue weighted by Gasteiger charge is -2.22. The third-order valence-corrected chi connectivity index (χ3v) is 6.18. The number of hydrogen-bond donors (Lipinski definition) is 1. The predicted molar refractivity (Wildman–Crippen MR) is 124 cm³/mol. The molecular weight excluding hydrogens is 442 g/mol. The first-order chi connectivity index (χ1) is 16.0. The van der Waals surface area contributed by atoms with Gasteiger partial charge in [0.15, 0.2) is 22.9 Å². The van der Waals surface area contributed by atoms with E-state index < -0.39 is 11.5 Å². The molecule has 3 aromatic carbocycles. The minimum atomic E-state index is -1.95. The number of nitrogens with zero attached hydrogens (tertiary/aromatic N) is 1. The molecule has 0 fully saturated rings. The van der Waals surface area contributed by atoms with Gasteiger partial charge in [0.1, 0.15) is 0 Å². The van der Waals surface area contributed by atoms with Crippen LogP contribution in [0.25, 0.3) is 6.08 Å². The smallest absolute Gasteiger partial charge is 0.264 e. The van der Waals surface area contributed by atoms with Crippen molar-refractivity contribution in [1.82, 2.24) is 0 Å². The van der Waals surface area contributed by atoms with Gasteiger partial charge in [-0.25, -0.2) is 0 Å². The molecule has 166 valence electrons. The van der Waals surface area contributed by atoms with Crippen molar-refractivity contribution < 1.29 is 24.2 Å². The SMILES string of the molecule is O=C(/C=C/c1ccc2c(c1)OCO2)C[C@@]1(O)C(=O)N(Cc2ccccc2Cl)c2ccccc21. The highest BCUT2D eigenvalue weighted by Gasteiger charge is 2.50. The highest BCUT2D eigenvalue weighted by Crippen LogP contribution is 2.43. The Balaban J connectivity index is 1.38. The number of benzene rings is 3. The Morgan fingerprint density at radius 3 is 2.67 bits per heavy atom. The Bertz CT molecular complexity index is 1290. The molecule has 2 aliphatic rings. The van der Waals surface area contributed by atoms with Crippen molar-refractivity contribution in [3.63, 3.8) is 0 Å². The van der Waals surface area contributed by atoms with Gasteiger partial charge in [0.2, 0.25) is 6.79 Å². The first-order valence-corrected chi connectivity index (χ1v) is 10.8. The van der Waals surface area contributed by atoms with Crippen LogP contribution >= 0.6 is 11.6 Å². The molecule has 0 bridgehead atoms. The molecule has 7 heteroatoms. The van der Waals surface area contributed by atoms with Gasteiger partial charge in [0.05, 0.1) is 18.7 Å². The van der Waals surface area contributed by atoms with E-state index in [1.54, 1.807) is 54.6 Å². The maximum Gasteiger partial charge on any atom is 0.264 e.